The van der Waals surface area contributed by atoms with E-state index in [-0.39, 0.29) is 11.0 Å². The van der Waals surface area contributed by atoms with Gasteiger partial charge in [0.05, 0.1) is 12.7 Å². The smallest absolute Gasteiger partial charge is 0.338 e. The SMILES string of the molecule is COC(=O)c1ccnc(NC(=O)c2ccnc(Cl)c2)c1. The van der Waals surface area contributed by atoms with Crippen LogP contribution >= 0.6 is 11.6 Å². The first-order valence-corrected chi connectivity index (χ1v) is 5.95. The Kier molecular flexibility index (Phi) is 4.27. The van der Waals surface area contributed by atoms with Crippen LogP contribution < -0.4 is 5.32 Å². The van der Waals surface area contributed by atoms with E-state index in [1.807, 2.05) is 0 Å². The van der Waals surface area contributed by atoms with Crippen LogP contribution in [0.4, 0.5) is 5.82 Å². The van der Waals surface area contributed by atoms with Crippen molar-refractivity contribution in [2.75, 3.05) is 12.4 Å². The summed E-state index contributed by atoms with van der Waals surface area (Å²) in [6.07, 6.45) is 2.83. The number of carbonyl (C=O) groups is 2. The molecular weight excluding hydrogens is 282 g/mol. The minimum Gasteiger partial charge on any atom is -0.465 e. The summed E-state index contributed by atoms with van der Waals surface area (Å²) in [5.41, 5.74) is 0.640. The van der Waals surface area contributed by atoms with Gasteiger partial charge in [-0.05, 0) is 24.3 Å². The molecule has 2 rings (SSSR count). The number of carbonyl (C=O) groups excluding carboxylic acids is 2. The molecule has 7 heteroatoms. The first-order valence-electron chi connectivity index (χ1n) is 5.57. The van der Waals surface area contributed by atoms with E-state index in [4.69, 9.17) is 11.6 Å². The fourth-order valence-corrected chi connectivity index (χ4v) is 1.65. The highest BCUT2D eigenvalue weighted by Crippen LogP contribution is 2.12. The maximum Gasteiger partial charge on any atom is 0.338 e. The fourth-order valence-electron chi connectivity index (χ4n) is 1.48. The van der Waals surface area contributed by atoms with Crippen LogP contribution in [-0.4, -0.2) is 29.0 Å². The van der Waals surface area contributed by atoms with Crippen LogP contribution in [0.15, 0.2) is 36.7 Å². The third-order valence-corrected chi connectivity index (χ3v) is 2.62. The van der Waals surface area contributed by atoms with Gasteiger partial charge in [-0.15, -0.1) is 0 Å². The molecule has 0 aliphatic carbocycles. The first-order chi connectivity index (χ1) is 9.60. The van der Waals surface area contributed by atoms with Crippen molar-refractivity contribution in [1.29, 1.82) is 0 Å². The Morgan fingerprint density at radius 3 is 2.55 bits per heavy atom. The van der Waals surface area contributed by atoms with Crippen molar-refractivity contribution >= 4 is 29.3 Å². The van der Waals surface area contributed by atoms with Crippen molar-refractivity contribution in [2.24, 2.45) is 0 Å². The van der Waals surface area contributed by atoms with E-state index < -0.39 is 11.9 Å². The van der Waals surface area contributed by atoms with Crippen LogP contribution in [-0.2, 0) is 4.74 Å². The predicted molar refractivity (Wildman–Crippen MR) is 72.8 cm³/mol. The van der Waals surface area contributed by atoms with Crippen LogP contribution in [0.2, 0.25) is 5.15 Å². The highest BCUT2D eigenvalue weighted by atomic mass is 35.5. The number of ether oxygens (including phenoxy) is 1. The van der Waals surface area contributed by atoms with Crippen molar-refractivity contribution in [3.8, 4) is 0 Å². The van der Waals surface area contributed by atoms with E-state index in [2.05, 4.69) is 20.0 Å². The summed E-state index contributed by atoms with van der Waals surface area (Å²) in [6.45, 7) is 0. The number of halogens is 1. The van der Waals surface area contributed by atoms with Crippen LogP contribution in [0, 0.1) is 0 Å². The Bertz CT molecular complexity index is 661. The number of hydrogen-bond acceptors (Lipinski definition) is 5. The third kappa shape index (κ3) is 3.30. The highest BCUT2D eigenvalue weighted by Gasteiger charge is 2.10. The third-order valence-electron chi connectivity index (χ3n) is 2.41. The molecule has 0 aromatic carbocycles. The lowest BCUT2D eigenvalue weighted by Gasteiger charge is -2.06. The van der Waals surface area contributed by atoms with Crippen molar-refractivity contribution < 1.29 is 14.3 Å². The molecule has 1 N–H and O–H groups in total. The lowest BCUT2D eigenvalue weighted by atomic mass is 10.2. The molecular formula is C13H10ClN3O3. The van der Waals surface area contributed by atoms with Gasteiger partial charge in [0.2, 0.25) is 0 Å². The zero-order chi connectivity index (χ0) is 14.5. The van der Waals surface area contributed by atoms with Crippen molar-refractivity contribution in [1.82, 2.24) is 9.97 Å². The van der Waals surface area contributed by atoms with Crippen molar-refractivity contribution in [3.05, 3.63) is 52.9 Å². The molecule has 1 amide bonds. The standard InChI is InChI=1S/C13H10ClN3O3/c1-20-13(19)9-3-5-16-11(7-9)17-12(18)8-2-4-15-10(14)6-8/h2-7H,1H3,(H,16,17,18). The Hall–Kier alpha value is -2.47. The summed E-state index contributed by atoms with van der Waals surface area (Å²) in [7, 11) is 1.28. The topological polar surface area (TPSA) is 81.2 Å². The van der Waals surface area contributed by atoms with Gasteiger partial charge in [-0.2, -0.15) is 0 Å². The molecule has 0 aliphatic heterocycles. The summed E-state index contributed by atoms with van der Waals surface area (Å²) in [5.74, 6) is -0.662. The van der Waals surface area contributed by atoms with E-state index in [1.165, 1.54) is 43.8 Å². The summed E-state index contributed by atoms with van der Waals surface area (Å²) < 4.78 is 4.59. The van der Waals surface area contributed by atoms with E-state index in [0.717, 1.165) is 0 Å². The maximum absolute atomic E-state index is 12.0. The summed E-state index contributed by atoms with van der Waals surface area (Å²) in [4.78, 5) is 31.1. The molecule has 0 fully saturated rings. The minimum atomic E-state index is -0.505. The Morgan fingerprint density at radius 2 is 1.85 bits per heavy atom. The molecule has 0 unspecified atom stereocenters. The average molecular weight is 292 g/mol. The zero-order valence-corrected chi connectivity index (χ0v) is 11.2. The molecule has 2 aromatic heterocycles. The van der Waals surface area contributed by atoms with E-state index >= 15 is 0 Å². The molecule has 6 nitrogen and oxygen atoms in total. The molecule has 0 saturated heterocycles. The molecule has 2 heterocycles. The number of esters is 1. The second kappa shape index (κ2) is 6.12. The zero-order valence-electron chi connectivity index (χ0n) is 10.5. The number of nitrogens with one attached hydrogen (secondary N) is 1. The van der Waals surface area contributed by atoms with Crippen molar-refractivity contribution in [3.63, 3.8) is 0 Å². The molecule has 102 valence electrons. The number of anilines is 1. The van der Waals surface area contributed by atoms with Crippen LogP contribution in [0.3, 0.4) is 0 Å². The Morgan fingerprint density at radius 1 is 1.15 bits per heavy atom. The number of methoxy groups -OCH3 is 1. The quantitative estimate of drug-likeness (QED) is 0.692. The average Bonchev–Trinajstić information content (AvgIpc) is 2.46. The first kappa shape index (κ1) is 14.0. The second-order valence-electron chi connectivity index (χ2n) is 3.74. The lowest BCUT2D eigenvalue weighted by Crippen LogP contribution is -2.14. The number of amides is 1. The van der Waals surface area contributed by atoms with Gasteiger partial charge in [-0.1, -0.05) is 11.6 Å². The predicted octanol–water partition coefficient (Wildman–Crippen LogP) is 2.17. The van der Waals surface area contributed by atoms with Gasteiger partial charge < -0.3 is 10.1 Å². The maximum atomic E-state index is 12.0. The van der Waals surface area contributed by atoms with Gasteiger partial charge in [0.15, 0.2) is 0 Å². The molecule has 0 radical (unpaired) electrons. The van der Waals surface area contributed by atoms with Gasteiger partial charge in [0.1, 0.15) is 11.0 Å². The summed E-state index contributed by atoms with van der Waals surface area (Å²) in [6, 6.07) is 5.86. The molecule has 20 heavy (non-hydrogen) atoms. The van der Waals surface area contributed by atoms with Gasteiger partial charge in [-0.3, -0.25) is 4.79 Å². The number of nitrogens with zero attached hydrogens (tertiary/aromatic N) is 2. The number of rotatable bonds is 3. The Labute approximate surface area is 119 Å². The van der Waals surface area contributed by atoms with E-state index in [1.54, 1.807) is 0 Å². The van der Waals surface area contributed by atoms with E-state index in [9.17, 15) is 9.59 Å². The van der Waals surface area contributed by atoms with Gasteiger partial charge in [0, 0.05) is 18.0 Å². The van der Waals surface area contributed by atoms with Gasteiger partial charge in [-0.25, -0.2) is 14.8 Å². The minimum absolute atomic E-state index is 0.217. The number of hydrogen-bond donors (Lipinski definition) is 1. The normalized spacial score (nSPS) is 9.90. The summed E-state index contributed by atoms with van der Waals surface area (Å²) in [5, 5.41) is 2.78. The second-order valence-corrected chi connectivity index (χ2v) is 4.13. The number of pyridine rings is 2. The van der Waals surface area contributed by atoms with Crippen LogP contribution in [0.1, 0.15) is 20.7 Å². The molecule has 0 saturated carbocycles. The molecule has 0 atom stereocenters. The molecule has 0 aliphatic rings. The molecule has 0 bridgehead atoms. The van der Waals surface area contributed by atoms with E-state index in [0.29, 0.717) is 11.1 Å². The number of aromatic nitrogens is 2. The van der Waals surface area contributed by atoms with Gasteiger partial charge >= 0.3 is 5.97 Å². The summed E-state index contributed by atoms with van der Waals surface area (Å²) >= 11 is 5.71. The monoisotopic (exact) mass is 291 g/mol. The largest absolute Gasteiger partial charge is 0.465 e. The van der Waals surface area contributed by atoms with Crippen LogP contribution in [0.25, 0.3) is 0 Å². The fraction of sp³-hybridized carbons (Fsp3) is 0.0769. The lowest BCUT2D eigenvalue weighted by molar-refractivity contribution is 0.0600. The molecule has 2 aromatic rings. The van der Waals surface area contributed by atoms with Gasteiger partial charge in [0.25, 0.3) is 5.91 Å². The Balaban J connectivity index is 2.18. The van der Waals surface area contributed by atoms with Crippen LogP contribution in [0.5, 0.6) is 0 Å². The van der Waals surface area contributed by atoms with Crippen molar-refractivity contribution in [2.45, 2.75) is 0 Å². The highest BCUT2D eigenvalue weighted by molar-refractivity contribution is 6.29. The molecule has 0 spiro atoms.